The molecule has 0 saturated heterocycles. The van der Waals surface area contributed by atoms with Crippen LogP contribution in [0.4, 0.5) is 5.69 Å². The minimum Gasteiger partial charge on any atom is -0.497 e. The lowest BCUT2D eigenvalue weighted by Crippen LogP contribution is -2.38. The van der Waals surface area contributed by atoms with Gasteiger partial charge in [-0.3, -0.25) is 14.7 Å². The Hall–Kier alpha value is -2.24. The van der Waals surface area contributed by atoms with E-state index in [0.717, 1.165) is 0 Å². The first-order valence-corrected chi connectivity index (χ1v) is 8.07. The monoisotopic (exact) mass is 363 g/mol. The Morgan fingerprint density at radius 1 is 1.17 bits per heavy atom. The number of guanidine groups is 1. The molecule has 0 unspecified atom stereocenters. The molecule has 24 heavy (non-hydrogen) atoms. The van der Waals surface area contributed by atoms with Gasteiger partial charge in [0.2, 0.25) is 5.96 Å². The number of ether oxygens (including phenoxy) is 1. The molecule has 5 nitrogen and oxygen atoms in total. The van der Waals surface area contributed by atoms with Crippen LogP contribution >= 0.6 is 23.2 Å². The van der Waals surface area contributed by atoms with Gasteiger partial charge in [-0.2, -0.15) is 0 Å². The van der Waals surface area contributed by atoms with Crippen LogP contribution in [0.25, 0.3) is 0 Å². The van der Waals surface area contributed by atoms with Crippen molar-refractivity contribution >= 4 is 40.8 Å². The number of amides is 1. The topological polar surface area (TPSA) is 53.9 Å². The van der Waals surface area contributed by atoms with Gasteiger partial charge in [0.15, 0.2) is 0 Å². The summed E-state index contributed by atoms with van der Waals surface area (Å²) in [5.74, 6) is 0.984. The lowest BCUT2D eigenvalue weighted by Gasteiger charge is -2.20. The van der Waals surface area contributed by atoms with Crippen molar-refractivity contribution < 1.29 is 9.53 Å². The number of anilines is 1. The van der Waals surface area contributed by atoms with E-state index in [9.17, 15) is 4.79 Å². The third-order valence-electron chi connectivity index (χ3n) is 3.62. The third-order valence-corrected chi connectivity index (χ3v) is 4.25. The zero-order valence-corrected chi connectivity index (χ0v) is 14.4. The fourth-order valence-corrected chi connectivity index (χ4v) is 2.86. The van der Waals surface area contributed by atoms with Crippen molar-refractivity contribution in [2.24, 2.45) is 4.99 Å². The van der Waals surface area contributed by atoms with Crippen molar-refractivity contribution in [2.75, 3.05) is 25.5 Å². The minimum absolute atomic E-state index is 0.149. The summed E-state index contributed by atoms with van der Waals surface area (Å²) >= 11 is 12.3. The maximum absolute atomic E-state index is 12.7. The highest BCUT2D eigenvalue weighted by molar-refractivity contribution is 6.40. The standard InChI is InChI=1S/C17H15Cl2N3O2/c1-24-12-7-5-11(6-8-12)16(23)22-10-9-20-17(22)21-15-13(18)3-2-4-14(15)19/h2-8H,9-10H2,1H3,(H,20,21). The first-order chi connectivity index (χ1) is 11.6. The number of nitrogens with one attached hydrogen (secondary N) is 1. The largest absolute Gasteiger partial charge is 0.497 e. The van der Waals surface area contributed by atoms with Crippen LogP contribution in [0.5, 0.6) is 5.75 Å². The second-order valence-electron chi connectivity index (χ2n) is 5.11. The van der Waals surface area contributed by atoms with Crippen molar-refractivity contribution in [1.82, 2.24) is 4.90 Å². The molecule has 0 spiro atoms. The Morgan fingerprint density at radius 3 is 2.46 bits per heavy atom. The highest BCUT2D eigenvalue weighted by Crippen LogP contribution is 2.30. The van der Waals surface area contributed by atoms with Gasteiger partial charge in [0, 0.05) is 12.1 Å². The van der Waals surface area contributed by atoms with Gasteiger partial charge in [-0.15, -0.1) is 0 Å². The fraction of sp³-hybridized carbons (Fsp3) is 0.176. The number of carbonyl (C=O) groups is 1. The Bertz CT molecular complexity index is 771. The minimum atomic E-state index is -0.149. The highest BCUT2D eigenvalue weighted by atomic mass is 35.5. The smallest absolute Gasteiger partial charge is 0.260 e. The summed E-state index contributed by atoms with van der Waals surface area (Å²) in [7, 11) is 1.58. The molecule has 124 valence electrons. The van der Waals surface area contributed by atoms with Crippen LogP contribution in [-0.4, -0.2) is 37.0 Å². The van der Waals surface area contributed by atoms with Crippen molar-refractivity contribution in [3.05, 3.63) is 58.1 Å². The van der Waals surface area contributed by atoms with Crippen LogP contribution in [0.15, 0.2) is 47.5 Å². The molecule has 0 atom stereocenters. The van der Waals surface area contributed by atoms with Gasteiger partial charge in [0.05, 0.1) is 29.4 Å². The number of nitrogens with zero attached hydrogens (tertiary/aromatic N) is 2. The van der Waals surface area contributed by atoms with Crippen molar-refractivity contribution in [3.8, 4) is 5.75 Å². The molecule has 0 fully saturated rings. The third kappa shape index (κ3) is 3.32. The van der Waals surface area contributed by atoms with Gasteiger partial charge in [0.1, 0.15) is 5.75 Å². The molecule has 1 aliphatic heterocycles. The molecule has 1 N–H and O–H groups in total. The molecule has 1 amide bonds. The van der Waals surface area contributed by atoms with E-state index in [-0.39, 0.29) is 5.91 Å². The summed E-state index contributed by atoms with van der Waals surface area (Å²) < 4.78 is 5.11. The van der Waals surface area contributed by atoms with Gasteiger partial charge >= 0.3 is 0 Å². The van der Waals surface area contributed by atoms with Gasteiger partial charge in [-0.1, -0.05) is 29.3 Å². The molecule has 7 heteroatoms. The number of carbonyl (C=O) groups excluding carboxylic acids is 1. The summed E-state index contributed by atoms with van der Waals surface area (Å²) in [6.07, 6.45) is 0. The SMILES string of the molecule is COc1ccc(C(=O)N2CCN=C2Nc2c(Cl)cccc2Cl)cc1. The Kier molecular flexibility index (Phi) is 4.92. The molecular weight excluding hydrogens is 349 g/mol. The van der Waals surface area contributed by atoms with E-state index in [0.29, 0.717) is 46.1 Å². The first kappa shape index (κ1) is 16.6. The predicted molar refractivity (Wildman–Crippen MR) is 96.4 cm³/mol. The van der Waals surface area contributed by atoms with Crippen molar-refractivity contribution in [1.29, 1.82) is 0 Å². The van der Waals surface area contributed by atoms with Gasteiger partial charge in [-0.25, -0.2) is 0 Å². The van der Waals surface area contributed by atoms with E-state index in [4.69, 9.17) is 27.9 Å². The van der Waals surface area contributed by atoms with Crippen LogP contribution in [0.3, 0.4) is 0 Å². The van der Waals surface area contributed by atoms with Gasteiger partial charge in [0.25, 0.3) is 5.91 Å². The van der Waals surface area contributed by atoms with Crippen LogP contribution in [0.2, 0.25) is 10.0 Å². The van der Waals surface area contributed by atoms with Crippen molar-refractivity contribution in [2.45, 2.75) is 0 Å². The lowest BCUT2D eigenvalue weighted by atomic mass is 10.2. The quantitative estimate of drug-likeness (QED) is 0.898. The molecule has 0 aliphatic carbocycles. The molecule has 2 aromatic rings. The Balaban J connectivity index is 1.81. The number of para-hydroxylation sites is 1. The summed E-state index contributed by atoms with van der Waals surface area (Å²) in [5.41, 5.74) is 1.09. The van der Waals surface area contributed by atoms with E-state index in [2.05, 4.69) is 10.3 Å². The zero-order chi connectivity index (χ0) is 17.1. The predicted octanol–water partition coefficient (Wildman–Crippen LogP) is 3.93. The number of hydrogen-bond acceptors (Lipinski definition) is 4. The number of methoxy groups -OCH3 is 1. The first-order valence-electron chi connectivity index (χ1n) is 7.31. The van der Waals surface area contributed by atoms with E-state index < -0.39 is 0 Å². The maximum atomic E-state index is 12.7. The fourth-order valence-electron chi connectivity index (χ4n) is 2.37. The molecule has 1 heterocycles. The molecule has 0 aromatic heterocycles. The molecule has 0 saturated carbocycles. The number of hydrogen-bond donors (Lipinski definition) is 1. The number of halogens is 2. The summed E-state index contributed by atoms with van der Waals surface area (Å²) in [6.45, 7) is 1.02. The van der Waals surface area contributed by atoms with Crippen LogP contribution < -0.4 is 10.1 Å². The normalized spacial score (nSPS) is 13.6. The Labute approximate surface area is 149 Å². The number of aliphatic imine (C=N–C) groups is 1. The second-order valence-corrected chi connectivity index (χ2v) is 5.93. The van der Waals surface area contributed by atoms with Crippen LogP contribution in [-0.2, 0) is 0 Å². The lowest BCUT2D eigenvalue weighted by molar-refractivity contribution is 0.0858. The molecule has 3 rings (SSSR count). The Morgan fingerprint density at radius 2 is 1.83 bits per heavy atom. The molecule has 0 radical (unpaired) electrons. The maximum Gasteiger partial charge on any atom is 0.260 e. The van der Waals surface area contributed by atoms with Gasteiger partial charge in [-0.05, 0) is 36.4 Å². The zero-order valence-electron chi connectivity index (χ0n) is 12.9. The van der Waals surface area contributed by atoms with Crippen LogP contribution in [0.1, 0.15) is 10.4 Å². The van der Waals surface area contributed by atoms with E-state index in [1.165, 1.54) is 0 Å². The summed E-state index contributed by atoms with van der Waals surface area (Å²) in [6, 6.07) is 12.1. The second kappa shape index (κ2) is 7.11. The summed E-state index contributed by atoms with van der Waals surface area (Å²) in [4.78, 5) is 18.6. The highest BCUT2D eigenvalue weighted by Gasteiger charge is 2.26. The van der Waals surface area contributed by atoms with Crippen LogP contribution in [0, 0.1) is 0 Å². The molecule has 2 aromatic carbocycles. The van der Waals surface area contributed by atoms with E-state index in [1.807, 2.05) is 0 Å². The molecule has 1 aliphatic rings. The number of rotatable bonds is 3. The van der Waals surface area contributed by atoms with Gasteiger partial charge < -0.3 is 10.1 Å². The number of benzene rings is 2. The average Bonchev–Trinajstić information content (AvgIpc) is 3.06. The molecular formula is C17H15Cl2N3O2. The summed E-state index contributed by atoms with van der Waals surface area (Å²) in [5, 5.41) is 4.00. The molecule has 0 bridgehead atoms. The van der Waals surface area contributed by atoms with E-state index in [1.54, 1.807) is 54.5 Å². The average molecular weight is 364 g/mol. The van der Waals surface area contributed by atoms with Crippen molar-refractivity contribution in [3.63, 3.8) is 0 Å². The van der Waals surface area contributed by atoms with E-state index >= 15 is 0 Å².